The smallest absolute Gasteiger partial charge is 0.330 e. The predicted molar refractivity (Wildman–Crippen MR) is 129 cm³/mol. The molecule has 1 atom stereocenters. The van der Waals surface area contributed by atoms with Crippen molar-refractivity contribution in [3.8, 4) is 0 Å². The highest BCUT2D eigenvalue weighted by Crippen LogP contribution is 2.07. The van der Waals surface area contributed by atoms with Gasteiger partial charge < -0.3 is 34.9 Å². The molecule has 14 nitrogen and oxygen atoms in total. The molecule has 0 bridgehead atoms. The van der Waals surface area contributed by atoms with Gasteiger partial charge in [0.25, 0.3) is 11.5 Å². The van der Waals surface area contributed by atoms with Gasteiger partial charge in [0.05, 0.1) is 19.1 Å². The SMILES string of the molecule is CCOC(=O)/C=C/CC[C@H](NC(=O)c1cncn1C)C(=O)Nc1cccn(CC(=O)NCC(=O)O)c1=O. The maximum atomic E-state index is 13.0. The van der Waals surface area contributed by atoms with Gasteiger partial charge in [-0.25, -0.2) is 9.78 Å². The molecule has 0 radical (unpaired) electrons. The maximum Gasteiger partial charge on any atom is 0.330 e. The van der Waals surface area contributed by atoms with Crippen LogP contribution < -0.4 is 21.5 Å². The van der Waals surface area contributed by atoms with E-state index in [1.165, 1.54) is 47.6 Å². The third-order valence-electron chi connectivity index (χ3n) is 4.86. The molecule has 37 heavy (non-hydrogen) atoms. The molecule has 0 aliphatic carbocycles. The Morgan fingerprint density at radius 3 is 2.65 bits per heavy atom. The van der Waals surface area contributed by atoms with E-state index in [1.807, 2.05) is 0 Å². The van der Waals surface area contributed by atoms with Crippen molar-refractivity contribution < 1.29 is 33.8 Å². The molecule has 198 valence electrons. The quantitative estimate of drug-likeness (QED) is 0.199. The molecule has 0 unspecified atom stereocenters. The van der Waals surface area contributed by atoms with Gasteiger partial charge in [-0.05, 0) is 31.9 Å². The van der Waals surface area contributed by atoms with Gasteiger partial charge in [0, 0.05) is 19.3 Å². The lowest BCUT2D eigenvalue weighted by Crippen LogP contribution is -2.45. The summed E-state index contributed by atoms with van der Waals surface area (Å²) >= 11 is 0. The number of carbonyl (C=O) groups is 5. The molecule has 2 rings (SSSR count). The van der Waals surface area contributed by atoms with Crippen LogP contribution in [0.3, 0.4) is 0 Å². The van der Waals surface area contributed by atoms with E-state index < -0.39 is 54.4 Å². The standard InChI is InChI=1S/C23H28N6O8/c1-3-37-20(33)9-5-4-7-15(26-22(35)17-11-24-14-28(17)2)21(34)27-16-8-6-10-29(23(16)36)13-18(30)25-12-19(31)32/h5-6,8-11,14-15H,3-4,7,12-13H2,1-2H3,(H,25,30)(H,26,35)(H,27,34)(H,31,32)/b9-5+/t15-/m0/s1. The second-order valence-electron chi connectivity index (χ2n) is 7.66. The third-order valence-corrected chi connectivity index (χ3v) is 4.86. The first-order valence-electron chi connectivity index (χ1n) is 11.2. The molecular formula is C23H28N6O8. The molecule has 2 aromatic rings. The van der Waals surface area contributed by atoms with Gasteiger partial charge in [-0.15, -0.1) is 0 Å². The number of aryl methyl sites for hydroxylation is 1. The van der Waals surface area contributed by atoms with E-state index >= 15 is 0 Å². The van der Waals surface area contributed by atoms with Crippen molar-refractivity contribution >= 4 is 35.3 Å². The number of carboxylic acids is 1. The minimum absolute atomic E-state index is 0.0873. The number of allylic oxidation sites excluding steroid dienone is 1. The molecule has 0 spiro atoms. The van der Waals surface area contributed by atoms with Gasteiger partial charge in [0.1, 0.15) is 30.5 Å². The molecule has 4 N–H and O–H groups in total. The Morgan fingerprint density at radius 2 is 2.00 bits per heavy atom. The molecule has 2 aromatic heterocycles. The first kappa shape index (κ1) is 28.5. The van der Waals surface area contributed by atoms with E-state index in [4.69, 9.17) is 9.84 Å². The highest BCUT2D eigenvalue weighted by molar-refractivity contribution is 6.00. The van der Waals surface area contributed by atoms with Crippen LogP contribution in [0.4, 0.5) is 5.69 Å². The molecule has 2 heterocycles. The highest BCUT2D eigenvalue weighted by atomic mass is 16.5. The van der Waals surface area contributed by atoms with Crippen LogP contribution >= 0.6 is 0 Å². The zero-order valence-electron chi connectivity index (χ0n) is 20.3. The molecule has 0 aliphatic rings. The number of carbonyl (C=O) groups excluding carboxylic acids is 4. The molecular weight excluding hydrogens is 488 g/mol. The summed E-state index contributed by atoms with van der Waals surface area (Å²) in [5.74, 6) is -3.76. The first-order chi connectivity index (χ1) is 17.6. The Kier molecular flexibility index (Phi) is 10.8. The highest BCUT2D eigenvalue weighted by Gasteiger charge is 2.23. The summed E-state index contributed by atoms with van der Waals surface area (Å²) in [7, 11) is 1.61. The molecule has 0 aliphatic heterocycles. The lowest BCUT2D eigenvalue weighted by Gasteiger charge is -2.18. The third kappa shape index (κ3) is 9.08. The maximum absolute atomic E-state index is 13.0. The minimum Gasteiger partial charge on any atom is -0.480 e. The Labute approximate surface area is 211 Å². The number of ether oxygens (including phenoxy) is 1. The number of esters is 1. The Hall–Kier alpha value is -4.75. The average Bonchev–Trinajstić information content (AvgIpc) is 3.28. The van der Waals surface area contributed by atoms with E-state index in [0.29, 0.717) is 0 Å². The molecule has 0 saturated carbocycles. The summed E-state index contributed by atoms with van der Waals surface area (Å²) in [5, 5.41) is 15.8. The van der Waals surface area contributed by atoms with Gasteiger partial charge in [0.15, 0.2) is 0 Å². The number of amides is 3. The van der Waals surface area contributed by atoms with Crippen molar-refractivity contribution in [3.63, 3.8) is 0 Å². The summed E-state index contributed by atoms with van der Waals surface area (Å²) in [6.45, 7) is 0.812. The van der Waals surface area contributed by atoms with Gasteiger partial charge in [-0.1, -0.05) is 6.08 Å². The molecule has 14 heteroatoms. The fourth-order valence-corrected chi connectivity index (χ4v) is 3.07. The topological polar surface area (TPSA) is 191 Å². The van der Waals surface area contributed by atoms with Crippen LogP contribution in [0.15, 0.2) is 47.8 Å². The number of hydrogen-bond donors (Lipinski definition) is 4. The largest absolute Gasteiger partial charge is 0.480 e. The van der Waals surface area contributed by atoms with E-state index in [9.17, 15) is 28.8 Å². The number of nitrogens with one attached hydrogen (secondary N) is 3. The van der Waals surface area contributed by atoms with Crippen molar-refractivity contribution in [3.05, 3.63) is 59.1 Å². The summed E-state index contributed by atoms with van der Waals surface area (Å²) in [6, 6.07) is 1.65. The number of aromatic nitrogens is 3. The number of anilines is 1. The molecule has 3 amide bonds. The van der Waals surface area contributed by atoms with Crippen molar-refractivity contribution in [1.29, 1.82) is 0 Å². The van der Waals surface area contributed by atoms with Crippen LogP contribution in [0.25, 0.3) is 0 Å². The van der Waals surface area contributed by atoms with Gasteiger partial charge in [-0.3, -0.25) is 24.0 Å². The van der Waals surface area contributed by atoms with Crippen LogP contribution in [-0.2, 0) is 37.5 Å². The predicted octanol–water partition coefficient (Wildman–Crippen LogP) is -0.581. The summed E-state index contributed by atoms with van der Waals surface area (Å²) in [5.41, 5.74) is -0.657. The van der Waals surface area contributed by atoms with Gasteiger partial charge >= 0.3 is 11.9 Å². The van der Waals surface area contributed by atoms with Crippen LogP contribution in [-0.4, -0.2) is 68.1 Å². The van der Waals surface area contributed by atoms with Crippen LogP contribution in [0.1, 0.15) is 30.3 Å². The second kappa shape index (κ2) is 14.0. The van der Waals surface area contributed by atoms with Crippen molar-refractivity contribution in [1.82, 2.24) is 24.8 Å². The Bertz CT molecular complexity index is 1230. The zero-order chi connectivity index (χ0) is 27.4. The zero-order valence-corrected chi connectivity index (χ0v) is 20.3. The lowest BCUT2D eigenvalue weighted by atomic mass is 10.1. The number of pyridine rings is 1. The van der Waals surface area contributed by atoms with Crippen molar-refractivity contribution in [2.75, 3.05) is 18.5 Å². The number of imidazole rings is 1. The lowest BCUT2D eigenvalue weighted by molar-refractivity contribution is -0.138. The number of nitrogens with zero attached hydrogens (tertiary/aromatic N) is 3. The van der Waals surface area contributed by atoms with Crippen molar-refractivity contribution in [2.45, 2.75) is 32.4 Å². The van der Waals surface area contributed by atoms with Gasteiger partial charge in [0.2, 0.25) is 11.8 Å². The van der Waals surface area contributed by atoms with Crippen LogP contribution in [0.2, 0.25) is 0 Å². The van der Waals surface area contributed by atoms with Crippen molar-refractivity contribution in [2.24, 2.45) is 7.05 Å². The number of aliphatic carboxylic acids is 1. The number of carboxylic acid groups (broad SMARTS) is 1. The van der Waals surface area contributed by atoms with Crippen LogP contribution in [0.5, 0.6) is 0 Å². The normalized spacial score (nSPS) is 11.5. The molecule has 0 fully saturated rings. The number of rotatable bonds is 13. The average molecular weight is 517 g/mol. The van der Waals surface area contributed by atoms with E-state index in [1.54, 1.807) is 14.0 Å². The van der Waals surface area contributed by atoms with Gasteiger partial charge in [-0.2, -0.15) is 0 Å². The number of hydrogen-bond acceptors (Lipinski definition) is 8. The molecule has 0 aromatic carbocycles. The summed E-state index contributed by atoms with van der Waals surface area (Å²) < 4.78 is 7.27. The van der Waals surface area contributed by atoms with E-state index in [2.05, 4.69) is 20.9 Å². The Balaban J connectivity index is 2.16. The monoisotopic (exact) mass is 516 g/mol. The first-order valence-corrected chi connectivity index (χ1v) is 11.2. The summed E-state index contributed by atoms with van der Waals surface area (Å²) in [6.07, 6.45) is 7.09. The Morgan fingerprint density at radius 1 is 1.24 bits per heavy atom. The van der Waals surface area contributed by atoms with E-state index in [-0.39, 0.29) is 30.8 Å². The fourth-order valence-electron chi connectivity index (χ4n) is 3.07. The second-order valence-corrected chi connectivity index (χ2v) is 7.66. The van der Waals surface area contributed by atoms with Crippen LogP contribution in [0, 0.1) is 0 Å². The van der Waals surface area contributed by atoms with E-state index in [0.717, 1.165) is 4.57 Å². The molecule has 0 saturated heterocycles. The minimum atomic E-state index is -1.24. The fraction of sp³-hybridized carbons (Fsp3) is 0.348. The summed E-state index contributed by atoms with van der Waals surface area (Å²) in [4.78, 5) is 76.3.